The summed E-state index contributed by atoms with van der Waals surface area (Å²) in [6, 6.07) is 0. The third kappa shape index (κ3) is 5.25. The number of nitrogens with one attached hydrogen (secondary N) is 2. The molecule has 0 radical (unpaired) electrons. The maximum absolute atomic E-state index is 11.3. The van der Waals surface area contributed by atoms with E-state index in [0.29, 0.717) is 0 Å². The van der Waals surface area contributed by atoms with Crippen molar-refractivity contribution in [3.8, 4) is 0 Å². The summed E-state index contributed by atoms with van der Waals surface area (Å²) < 4.78 is 23.6. The van der Waals surface area contributed by atoms with Crippen LogP contribution in [0.15, 0.2) is 0 Å². The lowest BCUT2D eigenvalue weighted by Gasteiger charge is -2.03. The molecule has 1 unspecified atom stereocenters. The molecule has 0 aliphatic heterocycles. The molecule has 9 heavy (non-hydrogen) atoms. The summed E-state index contributed by atoms with van der Waals surface area (Å²) in [4.78, 5) is -0.305. The van der Waals surface area contributed by atoms with Gasteiger partial charge in [0.2, 0.25) is 0 Å². The molecule has 0 bridgehead atoms. The lowest BCUT2D eigenvalue weighted by molar-refractivity contribution is 0.445. The van der Waals surface area contributed by atoms with Crippen molar-refractivity contribution in [3.63, 3.8) is 0 Å². The second-order valence-corrected chi connectivity index (χ2v) is 4.90. The van der Waals surface area contributed by atoms with Crippen LogP contribution in [0, 0.1) is 0 Å². The minimum Gasteiger partial charge on any atom is -0.223 e. The van der Waals surface area contributed by atoms with Crippen LogP contribution >= 0.6 is 23.2 Å². The van der Waals surface area contributed by atoms with Crippen molar-refractivity contribution < 1.29 is 8.69 Å². The Morgan fingerprint density at radius 1 is 1.67 bits per heavy atom. The lowest BCUT2D eigenvalue weighted by atomic mass is 11.5. The van der Waals surface area contributed by atoms with Crippen molar-refractivity contribution in [3.05, 3.63) is 0 Å². The fourth-order valence-electron chi connectivity index (χ4n) is 0.140. The first-order valence-electron chi connectivity index (χ1n) is 1.66. The zero-order chi connectivity index (χ0) is 7.49. The number of rotatable bonds is 3. The van der Waals surface area contributed by atoms with Crippen LogP contribution in [-0.4, -0.2) is 9.17 Å². The molecule has 0 aromatic carbocycles. The highest BCUT2D eigenvalue weighted by atomic mass is 35.5. The van der Waals surface area contributed by atoms with Crippen molar-refractivity contribution in [1.29, 1.82) is 0 Å². The van der Waals surface area contributed by atoms with Crippen LogP contribution in [0.1, 0.15) is 0 Å². The van der Waals surface area contributed by atoms with Crippen molar-refractivity contribution in [1.82, 2.24) is 9.67 Å². The summed E-state index contributed by atoms with van der Waals surface area (Å²) in [6.45, 7) is 0. The number of halogens is 3. The van der Waals surface area contributed by atoms with Crippen LogP contribution < -0.4 is 9.67 Å². The highest BCUT2D eigenvalue weighted by Crippen LogP contribution is 1.97. The van der Waals surface area contributed by atoms with E-state index in [1.807, 2.05) is 4.72 Å². The molecule has 0 rings (SSSR count). The van der Waals surface area contributed by atoms with Gasteiger partial charge in [0.15, 0.2) is 13.8 Å². The van der Waals surface area contributed by atoms with Crippen LogP contribution in [0.2, 0.25) is 0 Å². The predicted molar refractivity (Wildman–Crippen MR) is 38.4 cm³/mol. The van der Waals surface area contributed by atoms with Gasteiger partial charge in [-0.05, 0) is 0 Å². The molecule has 0 aromatic heterocycles. The third-order valence-electron chi connectivity index (χ3n) is 0.346. The van der Waals surface area contributed by atoms with E-state index in [4.69, 9.17) is 23.2 Å². The largest absolute Gasteiger partial charge is 0.223 e. The van der Waals surface area contributed by atoms with Gasteiger partial charge in [0.1, 0.15) is 0 Å². The molecule has 56 valence electrons. The monoisotopic (exact) mass is 212 g/mol. The van der Waals surface area contributed by atoms with E-state index in [-0.39, 0.29) is 0 Å². The molecule has 2 N–H and O–H groups in total. The average molecular weight is 213 g/mol. The van der Waals surface area contributed by atoms with E-state index in [0.717, 1.165) is 4.94 Å². The number of alkyl halides is 2. The Balaban J connectivity index is 3.90. The van der Waals surface area contributed by atoms with Gasteiger partial charge in [-0.2, -0.15) is 4.72 Å². The summed E-state index contributed by atoms with van der Waals surface area (Å²) in [5.74, 6) is 0. The van der Waals surface area contributed by atoms with Gasteiger partial charge in [0, 0.05) is 11.2 Å². The molecule has 1 atom stereocenters. The van der Waals surface area contributed by atoms with E-state index >= 15 is 0 Å². The average Bonchev–Trinajstić information content (AvgIpc) is 1.63. The normalized spacial score (nSPS) is 17.8. The first-order valence-corrected chi connectivity index (χ1v) is 5.01. The summed E-state index contributed by atoms with van der Waals surface area (Å²) in [6.07, 6.45) is 0. The maximum Gasteiger partial charge on any atom is 0.181 e. The summed E-state index contributed by atoms with van der Waals surface area (Å²) in [7, 11) is -3.32. The van der Waals surface area contributed by atoms with Crippen molar-refractivity contribution >= 4 is 43.3 Å². The Morgan fingerprint density at radius 3 is 2.22 bits per heavy atom. The van der Waals surface area contributed by atoms with Gasteiger partial charge < -0.3 is 0 Å². The second-order valence-electron chi connectivity index (χ2n) is 0.999. The zero-order valence-electron chi connectivity index (χ0n) is 3.94. The highest BCUT2D eigenvalue weighted by molar-refractivity contribution is 8.30. The lowest BCUT2D eigenvalue weighted by Crippen LogP contribution is -2.33. The molecule has 3 nitrogen and oxygen atoms in total. The molecular formula is CH3Cl2FN2OS2. The van der Waals surface area contributed by atoms with E-state index in [1.165, 1.54) is 0 Å². The summed E-state index contributed by atoms with van der Waals surface area (Å²) in [5, 5.41) is 0. The molecule has 8 heteroatoms. The topological polar surface area (TPSA) is 41.1 Å². The molecule has 0 saturated carbocycles. The third-order valence-corrected chi connectivity index (χ3v) is 2.05. The predicted octanol–water partition coefficient (Wildman–Crippen LogP) is 0.388. The Labute approximate surface area is 66.8 Å². The highest BCUT2D eigenvalue weighted by Gasteiger charge is 2.07. The second kappa shape index (κ2) is 3.85. The van der Waals surface area contributed by atoms with Gasteiger partial charge in [0.25, 0.3) is 0 Å². The minimum atomic E-state index is -3.32. The fraction of sp³-hybridized carbons (Fsp3) is 1.00. The zero-order valence-corrected chi connectivity index (χ0v) is 7.08. The van der Waals surface area contributed by atoms with Gasteiger partial charge in [0.05, 0.1) is 0 Å². The molecular weight excluding hydrogens is 210 g/mol. The van der Waals surface area contributed by atoms with Crippen molar-refractivity contribution in [2.45, 2.75) is 4.96 Å². The fourth-order valence-corrected chi connectivity index (χ4v) is 1.78. The Bertz CT molecular complexity index is 167. The van der Waals surface area contributed by atoms with E-state index in [9.17, 15) is 8.69 Å². The van der Waals surface area contributed by atoms with Crippen LogP contribution in [0.4, 0.5) is 4.48 Å². The standard InChI is InChI=1S/CH3Cl2FN2OS2/c2-1(3)5-9(7,8)6-4/h1,5-6H. The molecule has 0 aliphatic carbocycles. The van der Waals surface area contributed by atoms with Crippen molar-refractivity contribution in [2.24, 2.45) is 0 Å². The minimum absolute atomic E-state index is 0.835. The van der Waals surface area contributed by atoms with Gasteiger partial charge in [-0.3, -0.25) is 0 Å². The quantitative estimate of drug-likeness (QED) is 0.404. The Morgan fingerprint density at radius 2 is 2.11 bits per heavy atom. The molecule has 0 fully saturated rings. The number of hydrogen-bond acceptors (Lipinski definition) is 2. The summed E-state index contributed by atoms with van der Waals surface area (Å²) in [5.41, 5.74) is 0. The molecule has 0 aliphatic rings. The SMILES string of the molecule is O=S(=S)(NF)NC(Cl)Cl. The van der Waals surface area contributed by atoms with Gasteiger partial charge in [-0.1, -0.05) is 28.1 Å². The first-order chi connectivity index (χ1) is 3.98. The molecule has 0 heterocycles. The molecule has 0 spiro atoms. The van der Waals surface area contributed by atoms with Gasteiger partial charge in [-0.25, -0.2) is 4.21 Å². The molecule has 0 amide bonds. The summed E-state index contributed by atoms with van der Waals surface area (Å²) >= 11 is 14.2. The van der Waals surface area contributed by atoms with Crippen LogP contribution in [0.25, 0.3) is 0 Å². The van der Waals surface area contributed by atoms with Crippen LogP contribution in [0.5, 0.6) is 0 Å². The molecule has 0 saturated heterocycles. The van der Waals surface area contributed by atoms with E-state index in [1.54, 1.807) is 0 Å². The van der Waals surface area contributed by atoms with Crippen molar-refractivity contribution in [2.75, 3.05) is 0 Å². The van der Waals surface area contributed by atoms with Gasteiger partial charge >= 0.3 is 0 Å². The van der Waals surface area contributed by atoms with E-state index in [2.05, 4.69) is 11.2 Å². The molecule has 0 aromatic rings. The Hall–Kier alpha value is 0.800. The van der Waals surface area contributed by atoms with Crippen LogP contribution in [-0.2, 0) is 20.1 Å². The Kier molecular flexibility index (Phi) is 4.19. The van der Waals surface area contributed by atoms with Crippen LogP contribution in [0.3, 0.4) is 0 Å². The van der Waals surface area contributed by atoms with Gasteiger partial charge in [-0.15, -0.1) is 4.48 Å². The maximum atomic E-state index is 11.3. The number of hydrogen-bond donors (Lipinski definition) is 2. The smallest absolute Gasteiger partial charge is 0.181 e. The first kappa shape index (κ1) is 9.80. The van der Waals surface area contributed by atoms with E-state index < -0.39 is 13.8 Å².